The minimum Gasteiger partial charge on any atom is -0.497 e. The zero-order valence-electron chi connectivity index (χ0n) is 15.5. The molecule has 4 rings (SSSR count). The number of anilines is 1. The molecule has 0 spiro atoms. The fraction of sp³-hybridized carbons (Fsp3) is 0.571. The Morgan fingerprint density at radius 1 is 1.00 bits per heavy atom. The molecule has 2 heterocycles. The molecule has 0 amide bonds. The highest BCUT2D eigenvalue weighted by molar-refractivity contribution is 5.85. The molecule has 0 atom stereocenters. The summed E-state index contributed by atoms with van der Waals surface area (Å²) < 4.78 is 5.38. The molecule has 0 bridgehead atoms. The first-order chi connectivity index (χ1) is 12.2. The number of hydrogen-bond donors (Lipinski definition) is 0. The van der Waals surface area contributed by atoms with Crippen LogP contribution in [0, 0.1) is 6.92 Å². The van der Waals surface area contributed by atoms with E-state index in [2.05, 4.69) is 34.9 Å². The smallest absolute Gasteiger partial charge is 0.129 e. The van der Waals surface area contributed by atoms with E-state index < -0.39 is 0 Å². The van der Waals surface area contributed by atoms with E-state index in [4.69, 9.17) is 9.72 Å². The van der Waals surface area contributed by atoms with Crippen LogP contribution < -0.4 is 9.64 Å². The van der Waals surface area contributed by atoms with Gasteiger partial charge in [-0.2, -0.15) is 0 Å². The number of ether oxygens (including phenoxy) is 1. The van der Waals surface area contributed by atoms with Gasteiger partial charge in [0, 0.05) is 43.7 Å². The molecule has 1 saturated carbocycles. The molecule has 1 aromatic carbocycles. The Labute approximate surface area is 150 Å². The van der Waals surface area contributed by atoms with Crippen molar-refractivity contribution in [1.82, 2.24) is 9.88 Å². The largest absolute Gasteiger partial charge is 0.497 e. The predicted molar refractivity (Wildman–Crippen MR) is 104 cm³/mol. The van der Waals surface area contributed by atoms with Crippen molar-refractivity contribution in [2.45, 2.75) is 45.1 Å². The molecule has 0 unspecified atom stereocenters. The highest BCUT2D eigenvalue weighted by atomic mass is 16.5. The summed E-state index contributed by atoms with van der Waals surface area (Å²) in [6.45, 7) is 6.77. The standard InChI is InChI=1S/C21H29N3O/c1-16-14-21(22-20-15-18(25-2)8-9-19(16)20)24-11-5-10-23(12-13-24)17-6-3-4-7-17/h8-9,14-15,17H,3-7,10-13H2,1-2H3. The van der Waals surface area contributed by atoms with E-state index >= 15 is 0 Å². The van der Waals surface area contributed by atoms with Crippen LogP contribution in [0.25, 0.3) is 10.9 Å². The summed E-state index contributed by atoms with van der Waals surface area (Å²) in [5, 5.41) is 1.21. The van der Waals surface area contributed by atoms with Crippen LogP contribution in [-0.4, -0.2) is 49.2 Å². The van der Waals surface area contributed by atoms with E-state index in [-0.39, 0.29) is 0 Å². The summed E-state index contributed by atoms with van der Waals surface area (Å²) in [5.41, 5.74) is 2.32. The van der Waals surface area contributed by atoms with E-state index in [0.717, 1.165) is 36.2 Å². The molecule has 0 radical (unpaired) electrons. The maximum Gasteiger partial charge on any atom is 0.129 e. The highest BCUT2D eigenvalue weighted by Crippen LogP contribution is 2.28. The van der Waals surface area contributed by atoms with Gasteiger partial charge in [-0.15, -0.1) is 0 Å². The normalized spacial score (nSPS) is 20.2. The number of pyridine rings is 1. The van der Waals surface area contributed by atoms with Crippen molar-refractivity contribution >= 4 is 16.7 Å². The molecule has 2 aromatic rings. The van der Waals surface area contributed by atoms with E-state index in [0.29, 0.717) is 0 Å². The first-order valence-electron chi connectivity index (χ1n) is 9.69. The third-order valence-corrected chi connectivity index (χ3v) is 5.91. The van der Waals surface area contributed by atoms with Crippen LogP contribution in [0.4, 0.5) is 5.82 Å². The van der Waals surface area contributed by atoms with Gasteiger partial charge in [0.1, 0.15) is 11.6 Å². The predicted octanol–water partition coefficient (Wildman–Crippen LogP) is 4.01. The number of fused-ring (bicyclic) bond motifs is 1. The van der Waals surface area contributed by atoms with Gasteiger partial charge in [-0.25, -0.2) is 4.98 Å². The lowest BCUT2D eigenvalue weighted by atomic mass is 10.1. The van der Waals surface area contributed by atoms with Crippen molar-refractivity contribution in [1.29, 1.82) is 0 Å². The minimum atomic E-state index is 0.829. The Morgan fingerprint density at radius 3 is 2.64 bits per heavy atom. The Balaban J connectivity index is 1.56. The second kappa shape index (κ2) is 7.20. The van der Waals surface area contributed by atoms with Crippen LogP contribution in [0.5, 0.6) is 5.75 Å². The summed E-state index contributed by atoms with van der Waals surface area (Å²) >= 11 is 0. The lowest BCUT2D eigenvalue weighted by Gasteiger charge is -2.27. The summed E-state index contributed by atoms with van der Waals surface area (Å²) in [6.07, 6.45) is 6.85. The third kappa shape index (κ3) is 3.45. The minimum absolute atomic E-state index is 0.829. The first-order valence-corrected chi connectivity index (χ1v) is 9.69. The van der Waals surface area contributed by atoms with Crippen molar-refractivity contribution in [3.63, 3.8) is 0 Å². The van der Waals surface area contributed by atoms with E-state index in [1.807, 2.05) is 6.07 Å². The van der Waals surface area contributed by atoms with E-state index in [1.165, 1.54) is 56.1 Å². The van der Waals surface area contributed by atoms with Gasteiger partial charge in [0.2, 0.25) is 0 Å². The number of benzene rings is 1. The number of nitrogens with zero attached hydrogens (tertiary/aromatic N) is 3. The number of aryl methyl sites for hydroxylation is 1. The summed E-state index contributed by atoms with van der Waals surface area (Å²) in [5.74, 6) is 1.99. The molecule has 4 heteroatoms. The Morgan fingerprint density at radius 2 is 1.84 bits per heavy atom. The van der Waals surface area contributed by atoms with Gasteiger partial charge in [0.05, 0.1) is 12.6 Å². The second-order valence-electron chi connectivity index (χ2n) is 7.50. The van der Waals surface area contributed by atoms with E-state index in [1.54, 1.807) is 7.11 Å². The van der Waals surface area contributed by atoms with Crippen LogP contribution in [0.2, 0.25) is 0 Å². The average Bonchev–Trinajstić information content (AvgIpc) is 3.05. The summed E-state index contributed by atoms with van der Waals surface area (Å²) in [6, 6.07) is 9.26. The van der Waals surface area contributed by atoms with E-state index in [9.17, 15) is 0 Å². The second-order valence-corrected chi connectivity index (χ2v) is 7.50. The van der Waals surface area contributed by atoms with Crippen LogP contribution in [-0.2, 0) is 0 Å². The third-order valence-electron chi connectivity index (χ3n) is 5.91. The number of aromatic nitrogens is 1. The molecular weight excluding hydrogens is 310 g/mol. The molecule has 25 heavy (non-hydrogen) atoms. The fourth-order valence-corrected chi connectivity index (χ4v) is 4.45. The van der Waals surface area contributed by atoms with Gasteiger partial charge < -0.3 is 9.64 Å². The van der Waals surface area contributed by atoms with Crippen molar-refractivity contribution < 1.29 is 4.74 Å². The monoisotopic (exact) mass is 339 g/mol. The molecule has 2 aliphatic rings. The van der Waals surface area contributed by atoms with Gasteiger partial charge in [0.25, 0.3) is 0 Å². The molecule has 0 N–H and O–H groups in total. The molecule has 4 nitrogen and oxygen atoms in total. The maximum absolute atomic E-state index is 5.38. The summed E-state index contributed by atoms with van der Waals surface area (Å²) in [4.78, 5) is 10.2. The summed E-state index contributed by atoms with van der Waals surface area (Å²) in [7, 11) is 1.71. The zero-order valence-corrected chi connectivity index (χ0v) is 15.5. The van der Waals surface area contributed by atoms with Gasteiger partial charge in [-0.3, -0.25) is 4.90 Å². The molecule has 134 valence electrons. The van der Waals surface area contributed by atoms with Gasteiger partial charge >= 0.3 is 0 Å². The Hall–Kier alpha value is -1.81. The van der Waals surface area contributed by atoms with Gasteiger partial charge in [-0.1, -0.05) is 12.8 Å². The molecule has 1 aliphatic carbocycles. The maximum atomic E-state index is 5.38. The number of rotatable bonds is 3. The fourth-order valence-electron chi connectivity index (χ4n) is 4.45. The Kier molecular flexibility index (Phi) is 4.80. The lowest BCUT2D eigenvalue weighted by molar-refractivity contribution is 0.213. The van der Waals surface area contributed by atoms with Crippen LogP contribution in [0.15, 0.2) is 24.3 Å². The van der Waals surface area contributed by atoms with Crippen molar-refractivity contribution in [2.24, 2.45) is 0 Å². The van der Waals surface area contributed by atoms with Crippen LogP contribution in [0.1, 0.15) is 37.7 Å². The average molecular weight is 339 g/mol. The highest BCUT2D eigenvalue weighted by Gasteiger charge is 2.25. The number of hydrogen-bond acceptors (Lipinski definition) is 4. The van der Waals surface area contributed by atoms with Crippen molar-refractivity contribution in [2.75, 3.05) is 38.2 Å². The van der Waals surface area contributed by atoms with Gasteiger partial charge in [0.15, 0.2) is 0 Å². The molecule has 1 saturated heterocycles. The molecular formula is C21H29N3O. The molecule has 1 aliphatic heterocycles. The van der Waals surface area contributed by atoms with Gasteiger partial charge in [-0.05, 0) is 49.9 Å². The van der Waals surface area contributed by atoms with Crippen molar-refractivity contribution in [3.8, 4) is 5.75 Å². The zero-order chi connectivity index (χ0) is 17.2. The SMILES string of the molecule is COc1ccc2c(C)cc(N3CCCN(C4CCCC4)CC3)nc2c1. The first kappa shape index (κ1) is 16.6. The quantitative estimate of drug-likeness (QED) is 0.845. The topological polar surface area (TPSA) is 28.6 Å². The van der Waals surface area contributed by atoms with Crippen LogP contribution >= 0.6 is 0 Å². The lowest BCUT2D eigenvalue weighted by Crippen LogP contribution is -2.37. The number of methoxy groups -OCH3 is 1. The van der Waals surface area contributed by atoms with Crippen molar-refractivity contribution in [3.05, 3.63) is 29.8 Å². The molecule has 2 fully saturated rings. The van der Waals surface area contributed by atoms with Crippen LogP contribution in [0.3, 0.4) is 0 Å². The molecule has 1 aromatic heterocycles. The Bertz CT molecular complexity index is 739.